The molecule has 3 heteroatoms. The quantitative estimate of drug-likeness (QED) is 0.696. The van der Waals surface area contributed by atoms with Gasteiger partial charge in [-0.3, -0.25) is 0 Å². The summed E-state index contributed by atoms with van der Waals surface area (Å²) in [5, 5.41) is 0. The van der Waals surface area contributed by atoms with Gasteiger partial charge in [-0.2, -0.15) is 12.6 Å². The van der Waals surface area contributed by atoms with E-state index in [1.165, 1.54) is 18.2 Å². The molecular formula is C10H10F2S. The lowest BCUT2D eigenvalue weighted by Crippen LogP contribution is -1.91. The maximum Gasteiger partial charge on any atom is 0.136 e. The second-order valence-corrected chi connectivity index (χ2v) is 3.04. The highest BCUT2D eigenvalue weighted by molar-refractivity contribution is 7.80. The number of thiol groups is 1. The van der Waals surface area contributed by atoms with Gasteiger partial charge in [0.2, 0.25) is 0 Å². The van der Waals surface area contributed by atoms with E-state index in [-0.39, 0.29) is 5.56 Å². The Balaban J connectivity index is 3.17. The van der Waals surface area contributed by atoms with Crippen molar-refractivity contribution in [2.75, 3.05) is 5.75 Å². The van der Waals surface area contributed by atoms with Gasteiger partial charge in [0, 0.05) is 11.3 Å². The van der Waals surface area contributed by atoms with E-state index >= 15 is 0 Å². The van der Waals surface area contributed by atoms with Gasteiger partial charge in [-0.1, -0.05) is 18.2 Å². The Labute approximate surface area is 81.7 Å². The van der Waals surface area contributed by atoms with Crippen LogP contribution in [-0.2, 0) is 0 Å². The number of aryl methyl sites for hydroxylation is 1. The summed E-state index contributed by atoms with van der Waals surface area (Å²) in [6.07, 6.45) is 3.01. The maximum atomic E-state index is 13.3. The molecule has 0 bridgehead atoms. The molecule has 0 saturated heterocycles. The summed E-state index contributed by atoms with van der Waals surface area (Å²) < 4.78 is 26.3. The summed E-state index contributed by atoms with van der Waals surface area (Å²) in [6.45, 7) is 1.60. The summed E-state index contributed by atoms with van der Waals surface area (Å²) in [4.78, 5) is 0. The largest absolute Gasteiger partial charge is 0.206 e. The molecule has 0 aliphatic rings. The molecule has 0 heterocycles. The van der Waals surface area contributed by atoms with E-state index in [9.17, 15) is 8.78 Å². The highest BCUT2D eigenvalue weighted by Crippen LogP contribution is 2.17. The molecule has 0 atom stereocenters. The maximum absolute atomic E-state index is 13.3. The molecule has 0 aliphatic carbocycles. The van der Waals surface area contributed by atoms with Crippen molar-refractivity contribution in [2.24, 2.45) is 0 Å². The Morgan fingerprint density at radius 3 is 2.69 bits per heavy atom. The van der Waals surface area contributed by atoms with Crippen LogP contribution in [-0.4, -0.2) is 5.75 Å². The molecule has 0 nitrogen and oxygen atoms in total. The van der Waals surface area contributed by atoms with Crippen molar-refractivity contribution in [1.29, 1.82) is 0 Å². The van der Waals surface area contributed by atoms with Crippen molar-refractivity contribution in [3.05, 3.63) is 41.0 Å². The average Bonchev–Trinajstić information content (AvgIpc) is 2.12. The summed E-state index contributed by atoms with van der Waals surface area (Å²) >= 11 is 3.91. The van der Waals surface area contributed by atoms with E-state index in [2.05, 4.69) is 12.6 Å². The van der Waals surface area contributed by atoms with E-state index in [1.54, 1.807) is 13.0 Å². The third-order valence-corrected chi connectivity index (χ3v) is 1.92. The molecule has 0 saturated carbocycles. The average molecular weight is 200 g/mol. The van der Waals surface area contributed by atoms with E-state index < -0.39 is 11.6 Å². The van der Waals surface area contributed by atoms with Crippen molar-refractivity contribution in [3.63, 3.8) is 0 Å². The van der Waals surface area contributed by atoms with Crippen molar-refractivity contribution >= 4 is 18.7 Å². The molecule has 0 amide bonds. The van der Waals surface area contributed by atoms with Crippen LogP contribution in [0.4, 0.5) is 8.78 Å². The van der Waals surface area contributed by atoms with Crippen LogP contribution in [0.2, 0.25) is 0 Å². The fourth-order valence-corrected chi connectivity index (χ4v) is 1.11. The zero-order valence-corrected chi connectivity index (χ0v) is 8.11. The number of hydrogen-bond donors (Lipinski definition) is 1. The topological polar surface area (TPSA) is 0 Å². The zero-order valence-electron chi connectivity index (χ0n) is 7.22. The van der Waals surface area contributed by atoms with Gasteiger partial charge in [0.25, 0.3) is 0 Å². The van der Waals surface area contributed by atoms with E-state index in [0.717, 1.165) is 0 Å². The van der Waals surface area contributed by atoms with Gasteiger partial charge in [-0.15, -0.1) is 0 Å². The third kappa shape index (κ3) is 2.31. The summed E-state index contributed by atoms with van der Waals surface area (Å²) in [7, 11) is 0. The van der Waals surface area contributed by atoms with Crippen LogP contribution in [0.1, 0.15) is 11.1 Å². The first-order chi connectivity index (χ1) is 6.16. The zero-order chi connectivity index (χ0) is 9.84. The normalized spacial score (nSPS) is 11.1. The first-order valence-electron chi connectivity index (χ1n) is 3.89. The summed E-state index contributed by atoms with van der Waals surface area (Å²) in [5.74, 6) is -0.577. The lowest BCUT2D eigenvalue weighted by Gasteiger charge is -2.01. The van der Waals surface area contributed by atoms with Crippen LogP contribution >= 0.6 is 12.6 Å². The van der Waals surface area contributed by atoms with Crippen molar-refractivity contribution in [2.45, 2.75) is 6.92 Å². The smallest absolute Gasteiger partial charge is 0.136 e. The Morgan fingerprint density at radius 2 is 2.08 bits per heavy atom. The number of hydrogen-bond acceptors (Lipinski definition) is 1. The van der Waals surface area contributed by atoms with E-state index in [0.29, 0.717) is 11.3 Å². The van der Waals surface area contributed by atoms with Gasteiger partial charge >= 0.3 is 0 Å². The first kappa shape index (κ1) is 10.3. The van der Waals surface area contributed by atoms with Crippen molar-refractivity contribution < 1.29 is 8.78 Å². The van der Waals surface area contributed by atoms with Gasteiger partial charge < -0.3 is 0 Å². The standard InChI is InChI=1S/C10H10F2S/c1-7-4-5-9(11)8(10(7)12)3-2-6-13/h2-5,13H,6H2,1H3. The summed E-state index contributed by atoms with van der Waals surface area (Å²) in [5.41, 5.74) is 0.453. The van der Waals surface area contributed by atoms with Gasteiger partial charge in [0.15, 0.2) is 0 Å². The van der Waals surface area contributed by atoms with Crippen LogP contribution in [0.25, 0.3) is 6.08 Å². The molecular weight excluding hydrogens is 190 g/mol. The van der Waals surface area contributed by atoms with Crippen LogP contribution in [0, 0.1) is 18.6 Å². The third-order valence-electron chi connectivity index (χ3n) is 1.71. The second kappa shape index (κ2) is 4.42. The van der Waals surface area contributed by atoms with Crippen LogP contribution in [0.5, 0.6) is 0 Å². The molecule has 1 aromatic carbocycles. The molecule has 13 heavy (non-hydrogen) atoms. The van der Waals surface area contributed by atoms with E-state index in [4.69, 9.17) is 0 Å². The highest BCUT2D eigenvalue weighted by Gasteiger charge is 2.07. The van der Waals surface area contributed by atoms with Crippen molar-refractivity contribution in [3.8, 4) is 0 Å². The SMILES string of the molecule is Cc1ccc(F)c(C=CCS)c1F. The van der Waals surface area contributed by atoms with Gasteiger partial charge in [0.1, 0.15) is 11.6 Å². The molecule has 0 spiro atoms. The lowest BCUT2D eigenvalue weighted by molar-refractivity contribution is 0.573. The number of benzene rings is 1. The number of halogens is 2. The molecule has 0 aliphatic heterocycles. The Hall–Kier alpha value is -0.830. The van der Waals surface area contributed by atoms with Crippen LogP contribution < -0.4 is 0 Å². The molecule has 70 valence electrons. The highest BCUT2D eigenvalue weighted by atomic mass is 32.1. The number of rotatable bonds is 2. The molecule has 0 unspecified atom stereocenters. The van der Waals surface area contributed by atoms with Gasteiger partial charge in [-0.05, 0) is 18.6 Å². The minimum Gasteiger partial charge on any atom is -0.206 e. The lowest BCUT2D eigenvalue weighted by atomic mass is 10.1. The van der Waals surface area contributed by atoms with Gasteiger partial charge in [-0.25, -0.2) is 8.78 Å². The van der Waals surface area contributed by atoms with E-state index in [1.807, 2.05) is 0 Å². The minimum absolute atomic E-state index is 0.00838. The van der Waals surface area contributed by atoms with Crippen molar-refractivity contribution in [1.82, 2.24) is 0 Å². The Morgan fingerprint density at radius 1 is 1.38 bits per heavy atom. The second-order valence-electron chi connectivity index (χ2n) is 2.68. The monoisotopic (exact) mass is 200 g/mol. The molecule has 0 N–H and O–H groups in total. The predicted octanol–water partition coefficient (Wildman–Crippen LogP) is 3.22. The summed E-state index contributed by atoms with van der Waals surface area (Å²) in [6, 6.07) is 2.68. The fourth-order valence-electron chi connectivity index (χ4n) is 1.00. The van der Waals surface area contributed by atoms with Crippen LogP contribution in [0.3, 0.4) is 0 Å². The molecule has 1 rings (SSSR count). The molecule has 1 aromatic rings. The Bertz CT molecular complexity index is 332. The first-order valence-corrected chi connectivity index (χ1v) is 4.52. The molecule has 0 fully saturated rings. The fraction of sp³-hybridized carbons (Fsp3) is 0.200. The van der Waals surface area contributed by atoms with Gasteiger partial charge in [0.05, 0.1) is 0 Å². The van der Waals surface area contributed by atoms with Crippen LogP contribution in [0.15, 0.2) is 18.2 Å². The molecule has 0 aromatic heterocycles. The molecule has 0 radical (unpaired) electrons. The minimum atomic E-state index is -0.541. The predicted molar refractivity (Wildman–Crippen MR) is 54.0 cm³/mol. The Kier molecular flexibility index (Phi) is 3.48.